The summed E-state index contributed by atoms with van der Waals surface area (Å²) in [7, 11) is 1.88. The van der Waals surface area contributed by atoms with Crippen molar-refractivity contribution in [2.75, 3.05) is 6.54 Å². The summed E-state index contributed by atoms with van der Waals surface area (Å²) in [4.78, 5) is 13.5. The Balaban J connectivity index is 1.69. The molecule has 25 heavy (non-hydrogen) atoms. The fourth-order valence-corrected chi connectivity index (χ4v) is 3.75. The van der Waals surface area contributed by atoms with Crippen LogP contribution in [0.2, 0.25) is 5.02 Å². The van der Waals surface area contributed by atoms with E-state index in [-0.39, 0.29) is 11.9 Å². The topological polar surface area (TPSA) is 72.9 Å². The average Bonchev–Trinajstić information content (AvgIpc) is 3.24. The summed E-state index contributed by atoms with van der Waals surface area (Å²) >= 11 is 7.71. The third-order valence-electron chi connectivity index (χ3n) is 3.98. The number of nitrogens with one attached hydrogen (secondary N) is 1. The van der Waals surface area contributed by atoms with Crippen molar-refractivity contribution in [3.63, 3.8) is 0 Å². The van der Waals surface area contributed by atoms with E-state index in [1.807, 2.05) is 48.8 Å². The molecule has 3 rings (SSSR count). The van der Waals surface area contributed by atoms with E-state index in [9.17, 15) is 4.79 Å². The van der Waals surface area contributed by atoms with Gasteiger partial charge in [-0.25, -0.2) is 0 Å². The lowest BCUT2D eigenvalue weighted by Gasteiger charge is -2.17. The number of thiophene rings is 1. The normalized spacial score (nSPS) is 12.1. The molecule has 5 nitrogen and oxygen atoms in total. The molecule has 7 heteroatoms. The molecule has 130 valence electrons. The molecule has 0 radical (unpaired) electrons. The summed E-state index contributed by atoms with van der Waals surface area (Å²) in [5.41, 5.74) is 8.41. The van der Waals surface area contributed by atoms with Gasteiger partial charge in [0.05, 0.1) is 16.1 Å². The summed E-state index contributed by atoms with van der Waals surface area (Å²) in [5.74, 6) is -0.132. The van der Waals surface area contributed by atoms with Gasteiger partial charge in [-0.05, 0) is 30.2 Å². The smallest absolute Gasteiger partial charge is 0.252 e. The Morgan fingerprint density at radius 1 is 1.40 bits per heavy atom. The van der Waals surface area contributed by atoms with Crippen LogP contribution in [-0.2, 0) is 13.5 Å². The van der Waals surface area contributed by atoms with Gasteiger partial charge in [0.2, 0.25) is 0 Å². The maximum atomic E-state index is 12.5. The van der Waals surface area contributed by atoms with Gasteiger partial charge in [-0.1, -0.05) is 29.8 Å². The van der Waals surface area contributed by atoms with E-state index in [4.69, 9.17) is 17.3 Å². The van der Waals surface area contributed by atoms with Crippen molar-refractivity contribution in [3.8, 4) is 10.6 Å². The lowest BCUT2D eigenvalue weighted by molar-refractivity contribution is 0.0938. The molecule has 2 aromatic heterocycles. The van der Waals surface area contributed by atoms with Gasteiger partial charge in [0.1, 0.15) is 0 Å². The third-order valence-corrected chi connectivity index (χ3v) is 5.30. The van der Waals surface area contributed by atoms with E-state index in [1.165, 1.54) is 11.3 Å². The Kier molecular flexibility index (Phi) is 5.53. The molecular weight excluding hydrogens is 356 g/mol. The monoisotopic (exact) mass is 374 g/mol. The molecule has 0 aliphatic rings. The van der Waals surface area contributed by atoms with Gasteiger partial charge >= 0.3 is 0 Å². The van der Waals surface area contributed by atoms with E-state index < -0.39 is 0 Å². The Morgan fingerprint density at radius 2 is 2.20 bits per heavy atom. The second-order valence-corrected chi connectivity index (χ2v) is 7.06. The molecular formula is C18H19ClN4OS. The fourth-order valence-electron chi connectivity index (χ4n) is 2.60. The van der Waals surface area contributed by atoms with Crippen LogP contribution < -0.4 is 11.1 Å². The van der Waals surface area contributed by atoms with Gasteiger partial charge in [-0.15, -0.1) is 11.3 Å². The van der Waals surface area contributed by atoms with Crippen molar-refractivity contribution in [2.45, 2.75) is 12.5 Å². The fraction of sp³-hybridized carbons (Fsp3) is 0.222. The lowest BCUT2D eigenvalue weighted by Crippen LogP contribution is -2.41. The standard InChI is InChI=1S/C18H19ClN4OS/c1-23-16(6-7-21-23)17-9-13(11-25-17)18(24)22-14(10-20)8-12-4-2-3-5-15(12)19/h2-7,9,11,14H,8,10,20H2,1H3,(H,22,24). The number of nitrogens with zero attached hydrogens (tertiary/aromatic N) is 2. The van der Waals surface area contributed by atoms with Crippen LogP contribution in [0, 0.1) is 0 Å². The van der Waals surface area contributed by atoms with Crippen molar-refractivity contribution in [3.05, 3.63) is 64.1 Å². The van der Waals surface area contributed by atoms with Crippen LogP contribution in [0.15, 0.2) is 48.0 Å². The van der Waals surface area contributed by atoms with E-state index in [2.05, 4.69) is 10.4 Å². The van der Waals surface area contributed by atoms with Crippen LogP contribution in [-0.4, -0.2) is 28.3 Å². The second-order valence-electron chi connectivity index (χ2n) is 5.74. The molecule has 1 aromatic carbocycles. The van der Waals surface area contributed by atoms with Crippen LogP contribution >= 0.6 is 22.9 Å². The largest absolute Gasteiger partial charge is 0.348 e. The molecule has 1 unspecified atom stereocenters. The lowest BCUT2D eigenvalue weighted by atomic mass is 10.1. The summed E-state index contributed by atoms with van der Waals surface area (Å²) in [6.07, 6.45) is 2.34. The highest BCUT2D eigenvalue weighted by molar-refractivity contribution is 7.13. The zero-order valence-electron chi connectivity index (χ0n) is 13.8. The predicted octanol–water partition coefficient (Wildman–Crippen LogP) is 3.10. The number of halogens is 1. The second kappa shape index (κ2) is 7.82. The number of rotatable bonds is 6. The van der Waals surface area contributed by atoms with Crippen LogP contribution in [0.5, 0.6) is 0 Å². The van der Waals surface area contributed by atoms with E-state index in [0.717, 1.165) is 16.1 Å². The number of aromatic nitrogens is 2. The molecule has 2 heterocycles. The first-order chi connectivity index (χ1) is 12.1. The third kappa shape index (κ3) is 4.10. The average molecular weight is 375 g/mol. The van der Waals surface area contributed by atoms with Crippen LogP contribution in [0.3, 0.4) is 0 Å². The molecule has 0 aliphatic carbocycles. The number of hydrogen-bond donors (Lipinski definition) is 2. The molecule has 1 amide bonds. The molecule has 3 aromatic rings. The molecule has 0 saturated carbocycles. The minimum absolute atomic E-state index is 0.132. The van der Waals surface area contributed by atoms with E-state index in [1.54, 1.807) is 10.9 Å². The van der Waals surface area contributed by atoms with Gasteiger partial charge < -0.3 is 11.1 Å². The first kappa shape index (κ1) is 17.7. The van der Waals surface area contributed by atoms with Crippen LogP contribution in [0.25, 0.3) is 10.6 Å². The van der Waals surface area contributed by atoms with Crippen LogP contribution in [0.4, 0.5) is 0 Å². The highest BCUT2D eigenvalue weighted by Gasteiger charge is 2.16. The van der Waals surface area contributed by atoms with Gasteiger partial charge in [-0.3, -0.25) is 9.48 Å². The predicted molar refractivity (Wildman–Crippen MR) is 102 cm³/mol. The highest BCUT2D eigenvalue weighted by Crippen LogP contribution is 2.26. The van der Waals surface area contributed by atoms with Gasteiger partial charge in [-0.2, -0.15) is 5.10 Å². The number of nitrogens with two attached hydrogens (primary N) is 1. The zero-order chi connectivity index (χ0) is 17.8. The molecule has 0 bridgehead atoms. The summed E-state index contributed by atoms with van der Waals surface area (Å²) in [6, 6.07) is 11.2. The maximum Gasteiger partial charge on any atom is 0.252 e. The zero-order valence-corrected chi connectivity index (χ0v) is 15.3. The minimum atomic E-state index is -0.174. The van der Waals surface area contributed by atoms with Crippen molar-refractivity contribution >= 4 is 28.8 Å². The van der Waals surface area contributed by atoms with Crippen LogP contribution in [0.1, 0.15) is 15.9 Å². The maximum absolute atomic E-state index is 12.5. The molecule has 1 atom stereocenters. The van der Waals surface area contributed by atoms with Crippen molar-refractivity contribution in [1.29, 1.82) is 0 Å². The Morgan fingerprint density at radius 3 is 2.88 bits per heavy atom. The number of benzene rings is 1. The van der Waals surface area contributed by atoms with E-state index >= 15 is 0 Å². The van der Waals surface area contributed by atoms with E-state index in [0.29, 0.717) is 23.6 Å². The summed E-state index contributed by atoms with van der Waals surface area (Å²) < 4.78 is 1.79. The molecule has 0 spiro atoms. The number of carbonyl (C=O) groups is 1. The van der Waals surface area contributed by atoms with Crippen molar-refractivity contribution in [1.82, 2.24) is 15.1 Å². The first-order valence-electron chi connectivity index (χ1n) is 7.89. The van der Waals surface area contributed by atoms with Gasteiger partial charge in [0, 0.05) is 36.2 Å². The van der Waals surface area contributed by atoms with Crippen molar-refractivity contribution < 1.29 is 4.79 Å². The Bertz CT molecular complexity index is 873. The number of aryl methyl sites for hydroxylation is 1. The number of carbonyl (C=O) groups excluding carboxylic acids is 1. The first-order valence-corrected chi connectivity index (χ1v) is 9.15. The highest BCUT2D eigenvalue weighted by atomic mass is 35.5. The quantitative estimate of drug-likeness (QED) is 0.696. The molecule has 0 aliphatic heterocycles. The molecule has 3 N–H and O–H groups in total. The minimum Gasteiger partial charge on any atom is -0.348 e. The summed E-state index contributed by atoms with van der Waals surface area (Å²) in [6.45, 7) is 0.343. The number of hydrogen-bond acceptors (Lipinski definition) is 4. The Hall–Kier alpha value is -2.15. The SMILES string of the molecule is Cn1nccc1-c1cc(C(=O)NC(CN)Cc2ccccc2Cl)cs1. The number of amides is 1. The Labute approximate surface area is 155 Å². The summed E-state index contributed by atoms with van der Waals surface area (Å²) in [5, 5.41) is 9.68. The van der Waals surface area contributed by atoms with Crippen molar-refractivity contribution in [2.24, 2.45) is 12.8 Å². The van der Waals surface area contributed by atoms with Gasteiger partial charge in [0.15, 0.2) is 0 Å². The van der Waals surface area contributed by atoms with Gasteiger partial charge in [0.25, 0.3) is 5.91 Å². The molecule has 0 saturated heterocycles. The molecule has 0 fully saturated rings.